The molecule has 39 heavy (non-hydrogen) atoms. The summed E-state index contributed by atoms with van der Waals surface area (Å²) in [5.41, 5.74) is 0.844. The SMILES string of the molecule is CNC(=O)C1(N2CCCNC2=O)CCN(CC[C@H](CN(C)C(=O)c2ccccc2)c2ccc(Cl)c(Cl)c2)CC1. The first-order valence-electron chi connectivity index (χ1n) is 13.5. The Morgan fingerprint density at radius 2 is 1.79 bits per heavy atom. The molecule has 2 N–H and O–H groups in total. The van der Waals surface area contributed by atoms with Crippen molar-refractivity contribution in [3.05, 3.63) is 69.7 Å². The zero-order chi connectivity index (χ0) is 28.0. The Balaban J connectivity index is 1.45. The summed E-state index contributed by atoms with van der Waals surface area (Å²) in [5, 5.41) is 6.67. The van der Waals surface area contributed by atoms with Crippen LogP contribution in [-0.4, -0.2) is 91.4 Å². The van der Waals surface area contributed by atoms with Crippen molar-refractivity contribution in [2.24, 2.45) is 0 Å². The zero-order valence-electron chi connectivity index (χ0n) is 22.6. The van der Waals surface area contributed by atoms with Crippen LogP contribution < -0.4 is 10.6 Å². The lowest BCUT2D eigenvalue weighted by atomic mass is 9.83. The van der Waals surface area contributed by atoms with Crippen LogP contribution in [0.15, 0.2) is 48.5 Å². The molecule has 2 aromatic rings. The number of hydrogen-bond donors (Lipinski definition) is 2. The van der Waals surface area contributed by atoms with E-state index >= 15 is 0 Å². The average Bonchev–Trinajstić information content (AvgIpc) is 2.96. The first-order valence-corrected chi connectivity index (χ1v) is 14.3. The highest BCUT2D eigenvalue weighted by atomic mass is 35.5. The molecular weight excluding hydrogens is 537 g/mol. The lowest BCUT2D eigenvalue weighted by molar-refractivity contribution is -0.135. The number of hydrogen-bond acceptors (Lipinski definition) is 4. The molecule has 2 aromatic carbocycles. The van der Waals surface area contributed by atoms with Crippen molar-refractivity contribution in [3.63, 3.8) is 0 Å². The molecule has 1 atom stereocenters. The number of amides is 4. The van der Waals surface area contributed by atoms with Crippen molar-refractivity contribution in [3.8, 4) is 0 Å². The van der Waals surface area contributed by atoms with Crippen molar-refractivity contribution in [2.45, 2.75) is 37.1 Å². The molecule has 2 heterocycles. The second-order valence-electron chi connectivity index (χ2n) is 10.4. The maximum absolute atomic E-state index is 13.1. The van der Waals surface area contributed by atoms with E-state index in [0.29, 0.717) is 61.2 Å². The van der Waals surface area contributed by atoms with Crippen molar-refractivity contribution >= 4 is 41.0 Å². The van der Waals surface area contributed by atoms with E-state index in [1.165, 1.54) is 0 Å². The van der Waals surface area contributed by atoms with E-state index in [2.05, 4.69) is 15.5 Å². The van der Waals surface area contributed by atoms with Gasteiger partial charge in [0.2, 0.25) is 5.91 Å². The highest BCUT2D eigenvalue weighted by Gasteiger charge is 2.48. The summed E-state index contributed by atoms with van der Waals surface area (Å²) in [5.74, 6) is -0.0985. The minimum absolute atomic E-state index is 0.0335. The monoisotopic (exact) mass is 573 g/mol. The molecule has 0 spiro atoms. The molecule has 2 aliphatic rings. The fourth-order valence-corrected chi connectivity index (χ4v) is 6.03. The maximum Gasteiger partial charge on any atom is 0.318 e. The third-order valence-corrected chi connectivity index (χ3v) is 8.74. The Morgan fingerprint density at radius 1 is 1.08 bits per heavy atom. The van der Waals surface area contributed by atoms with Gasteiger partial charge in [0.1, 0.15) is 5.54 Å². The van der Waals surface area contributed by atoms with Crippen molar-refractivity contribution in [1.29, 1.82) is 0 Å². The minimum Gasteiger partial charge on any atom is -0.357 e. The molecule has 210 valence electrons. The van der Waals surface area contributed by atoms with Crippen LogP contribution in [0.2, 0.25) is 10.0 Å². The summed E-state index contributed by atoms with van der Waals surface area (Å²) in [6.07, 6.45) is 2.77. The van der Waals surface area contributed by atoms with Gasteiger partial charge < -0.3 is 25.3 Å². The zero-order valence-corrected chi connectivity index (χ0v) is 24.1. The predicted molar refractivity (Wildman–Crippen MR) is 154 cm³/mol. The summed E-state index contributed by atoms with van der Waals surface area (Å²) in [7, 11) is 3.45. The highest BCUT2D eigenvalue weighted by Crippen LogP contribution is 2.33. The molecule has 0 saturated carbocycles. The molecule has 4 amide bonds. The number of piperidine rings is 1. The van der Waals surface area contributed by atoms with Gasteiger partial charge in [-0.15, -0.1) is 0 Å². The first-order chi connectivity index (χ1) is 18.7. The fraction of sp³-hybridized carbons (Fsp3) is 0.483. The molecule has 0 radical (unpaired) electrons. The van der Waals surface area contributed by atoms with E-state index in [1.54, 1.807) is 22.9 Å². The van der Waals surface area contributed by atoms with Gasteiger partial charge in [0.15, 0.2) is 0 Å². The summed E-state index contributed by atoms with van der Waals surface area (Å²) in [6.45, 7) is 3.93. The molecule has 0 bridgehead atoms. The molecule has 0 unspecified atom stereocenters. The van der Waals surface area contributed by atoms with Gasteiger partial charge in [0.25, 0.3) is 5.91 Å². The molecule has 2 fully saturated rings. The summed E-state index contributed by atoms with van der Waals surface area (Å²) in [6, 6.07) is 14.8. The van der Waals surface area contributed by atoms with E-state index in [9.17, 15) is 14.4 Å². The standard InChI is InChI=1S/C29H37Cl2N5O3/c1-32-27(38)29(36-15-6-14-33-28(36)39)12-17-35(18-13-29)16-11-23(22-9-10-24(30)25(31)19-22)20-34(2)26(37)21-7-4-3-5-8-21/h3-5,7-10,19,23H,6,11-18,20H2,1-2H3,(H,32,38)(H,33,39)/t23-/m1/s1. The van der Waals surface area contributed by atoms with Gasteiger partial charge in [-0.05, 0) is 62.1 Å². The number of likely N-dealkylation sites (N-methyl/N-ethyl adjacent to an activating group) is 2. The first kappa shape index (κ1) is 29.2. The molecule has 2 aliphatic heterocycles. The minimum atomic E-state index is -0.832. The third-order valence-electron chi connectivity index (χ3n) is 8.00. The van der Waals surface area contributed by atoms with E-state index < -0.39 is 5.54 Å². The van der Waals surface area contributed by atoms with Crippen LogP contribution in [0.4, 0.5) is 4.79 Å². The van der Waals surface area contributed by atoms with E-state index in [0.717, 1.165) is 24.9 Å². The Kier molecular flexibility index (Phi) is 9.75. The van der Waals surface area contributed by atoms with Gasteiger partial charge in [-0.1, -0.05) is 47.5 Å². The Bertz CT molecular complexity index is 1170. The number of nitrogens with zero attached hydrogens (tertiary/aromatic N) is 3. The Labute approximate surface area is 240 Å². The molecule has 8 nitrogen and oxygen atoms in total. The van der Waals surface area contributed by atoms with Gasteiger partial charge in [-0.25, -0.2) is 4.79 Å². The lowest BCUT2D eigenvalue weighted by Crippen LogP contribution is -2.67. The molecular formula is C29H37Cl2N5O3. The molecule has 0 aliphatic carbocycles. The van der Waals surface area contributed by atoms with Crippen molar-refractivity contribution in [1.82, 2.24) is 25.3 Å². The number of rotatable bonds is 9. The normalized spacial score (nSPS) is 18.3. The molecule has 10 heteroatoms. The Morgan fingerprint density at radius 3 is 2.44 bits per heavy atom. The van der Waals surface area contributed by atoms with Crippen LogP contribution >= 0.6 is 23.2 Å². The van der Waals surface area contributed by atoms with E-state index in [-0.39, 0.29) is 23.8 Å². The summed E-state index contributed by atoms with van der Waals surface area (Å²) >= 11 is 12.6. The average molecular weight is 575 g/mol. The van der Waals surface area contributed by atoms with Gasteiger partial charge in [-0.2, -0.15) is 0 Å². The fourth-order valence-electron chi connectivity index (χ4n) is 5.72. The molecule has 2 saturated heterocycles. The number of carbonyl (C=O) groups is 3. The summed E-state index contributed by atoms with van der Waals surface area (Å²) in [4.78, 5) is 44.6. The van der Waals surface area contributed by atoms with Gasteiger partial charge in [0.05, 0.1) is 10.0 Å². The largest absolute Gasteiger partial charge is 0.357 e. The van der Waals surface area contributed by atoms with Crippen LogP contribution in [0.1, 0.15) is 47.5 Å². The van der Waals surface area contributed by atoms with Gasteiger partial charge >= 0.3 is 6.03 Å². The quantitative estimate of drug-likeness (QED) is 0.470. The number of nitrogens with one attached hydrogen (secondary N) is 2. The second-order valence-corrected chi connectivity index (χ2v) is 11.2. The Hall–Kier alpha value is -2.81. The van der Waals surface area contributed by atoms with Crippen LogP contribution in [0.25, 0.3) is 0 Å². The predicted octanol–water partition coefficient (Wildman–Crippen LogP) is 4.24. The number of halogens is 2. The summed E-state index contributed by atoms with van der Waals surface area (Å²) < 4.78 is 0. The van der Waals surface area contributed by atoms with Crippen LogP contribution in [-0.2, 0) is 4.79 Å². The highest BCUT2D eigenvalue weighted by molar-refractivity contribution is 6.42. The second kappa shape index (κ2) is 13.0. The topological polar surface area (TPSA) is 85.0 Å². The molecule has 4 rings (SSSR count). The maximum atomic E-state index is 13.1. The van der Waals surface area contributed by atoms with E-state index in [1.807, 2.05) is 49.5 Å². The number of likely N-dealkylation sites (tertiary alicyclic amines) is 1. The lowest BCUT2D eigenvalue weighted by Gasteiger charge is -2.48. The van der Waals surface area contributed by atoms with Gasteiger partial charge in [-0.3, -0.25) is 9.59 Å². The van der Waals surface area contributed by atoms with Crippen molar-refractivity contribution in [2.75, 3.05) is 53.4 Å². The number of benzene rings is 2. The number of carbonyl (C=O) groups excluding carboxylic acids is 3. The van der Waals surface area contributed by atoms with Crippen LogP contribution in [0, 0.1) is 0 Å². The third kappa shape index (κ3) is 6.68. The van der Waals surface area contributed by atoms with Crippen molar-refractivity contribution < 1.29 is 14.4 Å². The van der Waals surface area contributed by atoms with Gasteiger partial charge in [0, 0.05) is 58.3 Å². The molecule has 0 aromatic heterocycles. The van der Waals surface area contributed by atoms with Crippen LogP contribution in [0.5, 0.6) is 0 Å². The van der Waals surface area contributed by atoms with E-state index in [4.69, 9.17) is 23.2 Å². The van der Waals surface area contributed by atoms with Crippen LogP contribution in [0.3, 0.4) is 0 Å². The number of urea groups is 1. The smallest absolute Gasteiger partial charge is 0.318 e.